The third-order valence-electron chi connectivity index (χ3n) is 5.78. The molecule has 28 heavy (non-hydrogen) atoms. The summed E-state index contributed by atoms with van der Waals surface area (Å²) < 4.78 is 0. The number of hydrogen-bond donors (Lipinski definition) is 3. The molecule has 0 bridgehead atoms. The van der Waals surface area contributed by atoms with Crippen LogP contribution in [0.15, 0.2) is 24.3 Å². The van der Waals surface area contributed by atoms with E-state index in [0.717, 1.165) is 49.1 Å². The quantitative estimate of drug-likeness (QED) is 0.731. The van der Waals surface area contributed by atoms with E-state index in [1.54, 1.807) is 4.90 Å². The smallest absolute Gasteiger partial charge is 0.317 e. The van der Waals surface area contributed by atoms with Crippen molar-refractivity contribution in [3.8, 4) is 0 Å². The number of piperidine rings is 1. The fraction of sp³-hybridized carbons (Fsp3) is 0.500. The molecule has 150 valence electrons. The molecule has 1 aromatic heterocycles. The number of H-pyrrole nitrogens is 1. The van der Waals surface area contributed by atoms with Gasteiger partial charge in [0.2, 0.25) is 5.91 Å². The first kappa shape index (κ1) is 19.1. The predicted molar refractivity (Wildman–Crippen MR) is 109 cm³/mol. The van der Waals surface area contributed by atoms with E-state index in [2.05, 4.69) is 15.6 Å². The fourth-order valence-electron chi connectivity index (χ4n) is 3.91. The summed E-state index contributed by atoms with van der Waals surface area (Å²) in [5.41, 5.74) is 1.92. The second kappa shape index (κ2) is 8.01. The van der Waals surface area contributed by atoms with Crippen LogP contribution in [0.25, 0.3) is 10.9 Å². The lowest BCUT2D eigenvalue weighted by Gasteiger charge is -2.40. The number of aromatic nitrogens is 1. The number of hydrogen-bond acceptors (Lipinski definition) is 3. The zero-order valence-electron chi connectivity index (χ0n) is 16.0. The van der Waals surface area contributed by atoms with Crippen LogP contribution in [-0.4, -0.2) is 66.0 Å². The number of urea groups is 1. The van der Waals surface area contributed by atoms with E-state index in [9.17, 15) is 9.59 Å². The number of aromatic amines is 1. The molecule has 7 nitrogen and oxygen atoms in total. The van der Waals surface area contributed by atoms with Crippen molar-refractivity contribution in [2.75, 3.05) is 33.2 Å². The lowest BCUT2D eigenvalue weighted by molar-refractivity contribution is -0.139. The third kappa shape index (κ3) is 3.95. The third-order valence-corrected chi connectivity index (χ3v) is 6.01. The number of carbonyl (C=O) groups is 2. The summed E-state index contributed by atoms with van der Waals surface area (Å²) in [5, 5.41) is 7.83. The lowest BCUT2D eigenvalue weighted by atomic mass is 9.98. The number of benzene rings is 1. The molecule has 1 aromatic carbocycles. The Labute approximate surface area is 169 Å². The number of halogens is 1. The van der Waals surface area contributed by atoms with Crippen LogP contribution in [-0.2, 0) is 11.3 Å². The Morgan fingerprint density at radius 3 is 2.89 bits per heavy atom. The highest BCUT2D eigenvalue weighted by molar-refractivity contribution is 6.31. The molecule has 0 radical (unpaired) electrons. The molecular formula is C20H26ClN5O2. The number of likely N-dealkylation sites (tertiary alicyclic amines) is 1. The van der Waals surface area contributed by atoms with E-state index >= 15 is 0 Å². The van der Waals surface area contributed by atoms with Crippen LogP contribution in [0.3, 0.4) is 0 Å². The first-order valence-electron chi connectivity index (χ1n) is 9.78. The molecule has 2 aliphatic heterocycles. The Bertz CT molecular complexity index is 879. The van der Waals surface area contributed by atoms with Gasteiger partial charge in [0.15, 0.2) is 0 Å². The van der Waals surface area contributed by atoms with Gasteiger partial charge in [-0.15, -0.1) is 0 Å². The van der Waals surface area contributed by atoms with Crippen LogP contribution in [0.1, 0.15) is 18.5 Å². The Morgan fingerprint density at radius 1 is 1.32 bits per heavy atom. The van der Waals surface area contributed by atoms with Crippen LogP contribution < -0.4 is 10.6 Å². The standard InChI is InChI=1S/C20H26ClN5O2/c1-25(17-3-2-6-26(12-17)19(27)14-9-22-10-14)20(28)23-11-16-8-13-7-15(21)4-5-18(13)24-16/h4-5,7-8,14,17,22,24H,2-3,6,9-12H2,1H3,(H,23,28)/t17-/m1/s1. The molecule has 4 rings (SSSR count). The summed E-state index contributed by atoms with van der Waals surface area (Å²) in [6.45, 7) is 3.36. The second-order valence-electron chi connectivity index (χ2n) is 7.73. The monoisotopic (exact) mass is 403 g/mol. The van der Waals surface area contributed by atoms with E-state index in [1.165, 1.54) is 0 Å². The average molecular weight is 404 g/mol. The number of nitrogens with one attached hydrogen (secondary N) is 3. The zero-order valence-corrected chi connectivity index (χ0v) is 16.8. The summed E-state index contributed by atoms with van der Waals surface area (Å²) in [6.07, 6.45) is 1.85. The number of rotatable bonds is 4. The Hall–Kier alpha value is -2.25. The van der Waals surface area contributed by atoms with Gasteiger partial charge < -0.3 is 25.4 Å². The molecule has 0 spiro atoms. The SMILES string of the molecule is CN(C(=O)NCc1cc2cc(Cl)ccc2[nH]1)[C@@H]1CCCN(C(=O)C2CNC2)C1. The summed E-state index contributed by atoms with van der Waals surface area (Å²) in [6, 6.07) is 7.59. The normalized spacial score (nSPS) is 20.1. The molecule has 3 amide bonds. The van der Waals surface area contributed by atoms with Crippen molar-refractivity contribution < 1.29 is 9.59 Å². The van der Waals surface area contributed by atoms with Crippen molar-refractivity contribution in [1.29, 1.82) is 0 Å². The highest BCUT2D eigenvalue weighted by Crippen LogP contribution is 2.21. The maximum absolute atomic E-state index is 12.6. The Kier molecular flexibility index (Phi) is 5.46. The molecule has 8 heteroatoms. The van der Waals surface area contributed by atoms with Gasteiger partial charge >= 0.3 is 6.03 Å². The summed E-state index contributed by atoms with van der Waals surface area (Å²) in [5.74, 6) is 0.322. The van der Waals surface area contributed by atoms with Gasteiger partial charge in [-0.05, 0) is 37.1 Å². The predicted octanol–water partition coefficient (Wildman–Crippen LogP) is 2.17. The maximum Gasteiger partial charge on any atom is 0.317 e. The van der Waals surface area contributed by atoms with E-state index in [1.807, 2.05) is 36.2 Å². The molecule has 2 saturated heterocycles. The van der Waals surface area contributed by atoms with Crippen molar-refractivity contribution in [1.82, 2.24) is 25.4 Å². The largest absolute Gasteiger partial charge is 0.357 e. The van der Waals surface area contributed by atoms with Gasteiger partial charge in [-0.2, -0.15) is 0 Å². The average Bonchev–Trinajstić information content (AvgIpc) is 3.06. The van der Waals surface area contributed by atoms with Gasteiger partial charge in [0.1, 0.15) is 0 Å². The van der Waals surface area contributed by atoms with Crippen molar-refractivity contribution in [2.24, 2.45) is 5.92 Å². The summed E-state index contributed by atoms with van der Waals surface area (Å²) in [7, 11) is 1.81. The van der Waals surface area contributed by atoms with Gasteiger partial charge in [-0.25, -0.2) is 4.79 Å². The number of fused-ring (bicyclic) bond motifs is 1. The fourth-order valence-corrected chi connectivity index (χ4v) is 4.09. The van der Waals surface area contributed by atoms with E-state index in [-0.39, 0.29) is 23.9 Å². The van der Waals surface area contributed by atoms with Crippen molar-refractivity contribution in [2.45, 2.75) is 25.4 Å². The van der Waals surface area contributed by atoms with Crippen LogP contribution in [0.2, 0.25) is 5.02 Å². The van der Waals surface area contributed by atoms with Gasteiger partial charge in [-0.3, -0.25) is 4.79 Å². The molecule has 2 aliphatic rings. The Morgan fingerprint density at radius 2 is 2.14 bits per heavy atom. The highest BCUT2D eigenvalue weighted by Gasteiger charge is 2.34. The van der Waals surface area contributed by atoms with E-state index in [0.29, 0.717) is 18.1 Å². The van der Waals surface area contributed by atoms with Crippen molar-refractivity contribution in [3.63, 3.8) is 0 Å². The first-order valence-corrected chi connectivity index (χ1v) is 10.2. The molecule has 0 aliphatic carbocycles. The minimum atomic E-state index is -0.124. The minimum Gasteiger partial charge on any atom is -0.357 e. The van der Waals surface area contributed by atoms with Gasteiger partial charge in [0.25, 0.3) is 0 Å². The molecule has 0 unspecified atom stereocenters. The summed E-state index contributed by atoms with van der Waals surface area (Å²) in [4.78, 5) is 32.1. The van der Waals surface area contributed by atoms with E-state index < -0.39 is 0 Å². The topological polar surface area (TPSA) is 80.5 Å². The second-order valence-corrected chi connectivity index (χ2v) is 8.17. The number of nitrogens with zero attached hydrogens (tertiary/aromatic N) is 2. The molecule has 0 saturated carbocycles. The summed E-state index contributed by atoms with van der Waals surface area (Å²) >= 11 is 6.03. The van der Waals surface area contributed by atoms with Gasteiger partial charge in [-0.1, -0.05) is 11.6 Å². The molecule has 2 fully saturated rings. The van der Waals surface area contributed by atoms with Crippen LogP contribution in [0, 0.1) is 5.92 Å². The minimum absolute atomic E-state index is 0.0484. The van der Waals surface area contributed by atoms with Crippen LogP contribution in [0.4, 0.5) is 4.79 Å². The van der Waals surface area contributed by atoms with E-state index in [4.69, 9.17) is 11.6 Å². The molecule has 1 atom stereocenters. The first-order chi connectivity index (χ1) is 13.5. The molecule has 2 aromatic rings. The molecular weight excluding hydrogens is 378 g/mol. The van der Waals surface area contributed by atoms with Crippen LogP contribution in [0.5, 0.6) is 0 Å². The van der Waals surface area contributed by atoms with Gasteiger partial charge in [0.05, 0.1) is 18.5 Å². The highest BCUT2D eigenvalue weighted by atomic mass is 35.5. The van der Waals surface area contributed by atoms with Crippen LogP contribution >= 0.6 is 11.6 Å². The number of likely N-dealkylation sites (N-methyl/N-ethyl adjacent to an activating group) is 1. The zero-order chi connectivity index (χ0) is 19.7. The van der Waals surface area contributed by atoms with Crippen molar-refractivity contribution in [3.05, 3.63) is 35.0 Å². The molecule has 3 heterocycles. The van der Waals surface area contributed by atoms with Crippen molar-refractivity contribution >= 4 is 34.4 Å². The molecule has 3 N–H and O–H groups in total. The number of amides is 3. The van der Waals surface area contributed by atoms with Gasteiger partial charge in [0, 0.05) is 54.8 Å². The Balaban J connectivity index is 1.32. The lowest BCUT2D eigenvalue weighted by Crippen LogP contribution is -2.57. The maximum atomic E-state index is 12.6. The number of carbonyl (C=O) groups excluding carboxylic acids is 2.